The molecular formula is C20H19NO6. The molecular weight excluding hydrogens is 350 g/mol. The number of hydrogen-bond acceptors (Lipinski definition) is 5. The molecule has 3 saturated heterocycles. The van der Waals surface area contributed by atoms with Crippen LogP contribution in [0.3, 0.4) is 0 Å². The normalized spacial score (nSPS) is 42.7. The second-order valence-electron chi connectivity index (χ2n) is 7.96. The van der Waals surface area contributed by atoms with Crippen molar-refractivity contribution >= 4 is 17.6 Å². The van der Waals surface area contributed by atoms with Crippen molar-refractivity contribution in [2.75, 3.05) is 18.6 Å². The number of anilines is 1. The summed E-state index contributed by atoms with van der Waals surface area (Å²) in [4.78, 5) is 27.2. The van der Waals surface area contributed by atoms with Crippen molar-refractivity contribution in [3.8, 4) is 5.75 Å². The Labute approximate surface area is 155 Å². The molecule has 1 N–H and O–H groups in total. The van der Waals surface area contributed by atoms with Gasteiger partial charge in [-0.3, -0.25) is 9.59 Å². The molecule has 140 valence electrons. The third kappa shape index (κ3) is 1.66. The minimum Gasteiger partial charge on any atom is -0.497 e. The maximum Gasteiger partial charge on any atom is 0.310 e. The highest BCUT2D eigenvalue weighted by Gasteiger charge is 2.74. The van der Waals surface area contributed by atoms with Crippen LogP contribution >= 0.6 is 0 Å². The van der Waals surface area contributed by atoms with E-state index < -0.39 is 29.5 Å². The Morgan fingerprint density at radius 2 is 2.26 bits per heavy atom. The highest BCUT2D eigenvalue weighted by atomic mass is 16.5. The van der Waals surface area contributed by atoms with Gasteiger partial charge >= 0.3 is 5.97 Å². The number of hydrogen-bond donors (Lipinski definition) is 1. The van der Waals surface area contributed by atoms with E-state index in [4.69, 9.17) is 14.2 Å². The molecule has 7 heteroatoms. The van der Waals surface area contributed by atoms with E-state index >= 15 is 0 Å². The first-order valence-electron chi connectivity index (χ1n) is 9.29. The summed E-state index contributed by atoms with van der Waals surface area (Å²) in [5, 5.41) is 9.76. The van der Waals surface area contributed by atoms with Gasteiger partial charge in [0.15, 0.2) is 0 Å². The van der Waals surface area contributed by atoms with Crippen LogP contribution in [0.4, 0.5) is 5.69 Å². The number of benzene rings is 1. The Morgan fingerprint density at radius 3 is 3.04 bits per heavy atom. The van der Waals surface area contributed by atoms with Crippen molar-refractivity contribution in [1.82, 2.24) is 0 Å². The van der Waals surface area contributed by atoms with E-state index in [1.165, 1.54) is 0 Å². The van der Waals surface area contributed by atoms with Gasteiger partial charge < -0.3 is 24.2 Å². The summed E-state index contributed by atoms with van der Waals surface area (Å²) in [5.41, 5.74) is 0.838. The minimum absolute atomic E-state index is 0.0644. The number of rotatable bonds is 2. The second kappa shape index (κ2) is 4.91. The summed E-state index contributed by atoms with van der Waals surface area (Å²) in [6, 6.07) is 5.39. The lowest BCUT2D eigenvalue weighted by molar-refractivity contribution is -0.146. The monoisotopic (exact) mass is 369 g/mol. The van der Waals surface area contributed by atoms with Gasteiger partial charge in [-0.25, -0.2) is 0 Å². The SMILES string of the molecule is COc1ccc2c(c1)[C@H]1OCC[C@H]1[C@H]1N2C(=O)[C@H]2[C@H](C(=O)O)[C@H]3C=C[C@]21O3. The fraction of sp³-hybridized carbons (Fsp3) is 0.500. The molecule has 7 nitrogen and oxygen atoms in total. The number of methoxy groups -OCH3 is 1. The van der Waals surface area contributed by atoms with Gasteiger partial charge in [0.1, 0.15) is 17.3 Å². The van der Waals surface area contributed by atoms with E-state index in [-0.39, 0.29) is 24.0 Å². The van der Waals surface area contributed by atoms with Gasteiger partial charge in [-0.05, 0) is 24.6 Å². The van der Waals surface area contributed by atoms with Crippen molar-refractivity contribution in [3.05, 3.63) is 35.9 Å². The molecule has 2 bridgehead atoms. The van der Waals surface area contributed by atoms with Crippen molar-refractivity contribution in [3.63, 3.8) is 0 Å². The smallest absolute Gasteiger partial charge is 0.310 e. The molecule has 1 aromatic carbocycles. The van der Waals surface area contributed by atoms with Gasteiger partial charge in [-0.2, -0.15) is 0 Å². The first-order valence-corrected chi connectivity index (χ1v) is 9.29. The van der Waals surface area contributed by atoms with Crippen LogP contribution in [-0.2, 0) is 19.1 Å². The quantitative estimate of drug-likeness (QED) is 0.796. The Hall–Kier alpha value is -2.38. The van der Waals surface area contributed by atoms with Crippen LogP contribution in [0.1, 0.15) is 18.1 Å². The van der Waals surface area contributed by atoms with E-state index in [0.29, 0.717) is 12.4 Å². The molecule has 0 aliphatic carbocycles. The van der Waals surface area contributed by atoms with Crippen molar-refractivity contribution < 1.29 is 28.9 Å². The summed E-state index contributed by atoms with van der Waals surface area (Å²) in [6.45, 7) is 0.612. The summed E-state index contributed by atoms with van der Waals surface area (Å²) >= 11 is 0. The van der Waals surface area contributed by atoms with Gasteiger partial charge in [0.05, 0.1) is 37.0 Å². The zero-order valence-corrected chi connectivity index (χ0v) is 14.7. The zero-order chi connectivity index (χ0) is 18.5. The molecule has 6 rings (SSSR count). The molecule has 1 spiro atoms. The fourth-order valence-corrected chi connectivity index (χ4v) is 6.02. The minimum atomic E-state index is -0.974. The third-order valence-electron chi connectivity index (χ3n) is 6.96. The van der Waals surface area contributed by atoms with Gasteiger partial charge in [-0.15, -0.1) is 0 Å². The fourth-order valence-electron chi connectivity index (χ4n) is 6.02. The molecule has 5 aliphatic rings. The van der Waals surface area contributed by atoms with Crippen LogP contribution in [0.5, 0.6) is 5.75 Å². The topological polar surface area (TPSA) is 85.3 Å². The van der Waals surface area contributed by atoms with Gasteiger partial charge in [0, 0.05) is 18.1 Å². The molecule has 0 unspecified atom stereocenters. The van der Waals surface area contributed by atoms with E-state index in [1.54, 1.807) is 12.0 Å². The molecule has 0 aromatic heterocycles. The molecule has 0 radical (unpaired) electrons. The van der Waals surface area contributed by atoms with Crippen LogP contribution in [0.25, 0.3) is 0 Å². The first kappa shape index (κ1) is 15.7. The lowest BCUT2D eigenvalue weighted by Crippen LogP contribution is -2.53. The number of ether oxygens (including phenoxy) is 3. The van der Waals surface area contributed by atoms with E-state index in [1.807, 2.05) is 30.4 Å². The van der Waals surface area contributed by atoms with Gasteiger partial charge in [-0.1, -0.05) is 12.2 Å². The van der Waals surface area contributed by atoms with Crippen LogP contribution in [-0.4, -0.2) is 48.4 Å². The number of carboxylic acid groups (broad SMARTS) is 1. The molecule has 27 heavy (non-hydrogen) atoms. The van der Waals surface area contributed by atoms with E-state index in [2.05, 4.69) is 0 Å². The molecule has 0 saturated carbocycles. The number of fused-ring (bicyclic) bond motifs is 7. The standard InChI is InChI=1S/C20H19NO6/c1-25-9-2-3-12-11(8-9)16-10(5-7-26-16)17-20-6-4-13(27-20)14(19(23)24)15(20)18(22)21(12)17/h2-4,6,8,10,13-17H,5,7H2,1H3,(H,23,24)/t10-,13-,14-,15-,16+,17-,20+/m1/s1. The third-order valence-corrected chi connectivity index (χ3v) is 6.96. The summed E-state index contributed by atoms with van der Waals surface area (Å²) in [5.74, 6) is -1.88. The number of amides is 1. The van der Waals surface area contributed by atoms with Crippen molar-refractivity contribution in [1.29, 1.82) is 0 Å². The number of carboxylic acids is 1. The summed E-state index contributed by atoms with van der Waals surface area (Å²) < 4.78 is 17.7. The zero-order valence-electron chi connectivity index (χ0n) is 14.7. The first-order chi connectivity index (χ1) is 13.1. The second-order valence-corrected chi connectivity index (χ2v) is 7.96. The summed E-state index contributed by atoms with van der Waals surface area (Å²) in [7, 11) is 1.61. The average molecular weight is 369 g/mol. The highest BCUT2D eigenvalue weighted by molar-refractivity contribution is 6.04. The molecule has 3 fully saturated rings. The molecule has 7 atom stereocenters. The summed E-state index contributed by atoms with van der Waals surface area (Å²) in [6.07, 6.45) is 3.90. The van der Waals surface area contributed by atoms with Crippen molar-refractivity contribution in [2.24, 2.45) is 17.8 Å². The van der Waals surface area contributed by atoms with Crippen LogP contribution in [0, 0.1) is 17.8 Å². The Bertz CT molecular complexity index is 912. The molecule has 5 heterocycles. The number of carbonyl (C=O) groups is 2. The van der Waals surface area contributed by atoms with Crippen LogP contribution in [0.15, 0.2) is 30.4 Å². The number of aliphatic carboxylic acids is 1. The predicted octanol–water partition coefficient (Wildman–Crippen LogP) is 1.53. The highest BCUT2D eigenvalue weighted by Crippen LogP contribution is 2.62. The van der Waals surface area contributed by atoms with Crippen LogP contribution in [0.2, 0.25) is 0 Å². The lowest BCUT2D eigenvalue weighted by Gasteiger charge is -2.44. The van der Waals surface area contributed by atoms with E-state index in [0.717, 1.165) is 17.7 Å². The molecule has 5 aliphatic heterocycles. The molecule has 1 aromatic rings. The Kier molecular flexibility index (Phi) is 2.85. The predicted molar refractivity (Wildman–Crippen MR) is 92.4 cm³/mol. The average Bonchev–Trinajstić information content (AvgIpc) is 3.41. The van der Waals surface area contributed by atoms with Gasteiger partial charge in [0.25, 0.3) is 0 Å². The van der Waals surface area contributed by atoms with Gasteiger partial charge in [0.2, 0.25) is 5.91 Å². The lowest BCUT2D eigenvalue weighted by atomic mass is 9.70. The number of nitrogens with zero attached hydrogens (tertiary/aromatic N) is 1. The largest absolute Gasteiger partial charge is 0.497 e. The molecule has 1 amide bonds. The Balaban J connectivity index is 1.57. The number of carbonyl (C=O) groups excluding carboxylic acids is 1. The maximum atomic E-state index is 13.5. The Morgan fingerprint density at radius 1 is 1.41 bits per heavy atom. The van der Waals surface area contributed by atoms with Crippen LogP contribution < -0.4 is 9.64 Å². The maximum absolute atomic E-state index is 13.5. The van der Waals surface area contributed by atoms with E-state index in [9.17, 15) is 14.7 Å². The van der Waals surface area contributed by atoms with Crippen molar-refractivity contribution in [2.45, 2.75) is 30.3 Å².